The summed E-state index contributed by atoms with van der Waals surface area (Å²) in [6, 6.07) is 30.4. The Kier molecular flexibility index (Phi) is 24.5. The van der Waals surface area contributed by atoms with Gasteiger partial charge in [-0.1, -0.05) is 165 Å². The summed E-state index contributed by atoms with van der Waals surface area (Å²) in [7, 11) is 0. The Labute approximate surface area is 420 Å². The zero-order valence-corrected chi connectivity index (χ0v) is 42.5. The molecule has 0 amide bonds. The molecule has 0 aromatic heterocycles. The first-order valence-electron chi connectivity index (χ1n) is 26.3. The van der Waals surface area contributed by atoms with Crippen LogP contribution in [0.15, 0.2) is 136 Å². The lowest BCUT2D eigenvalue weighted by Gasteiger charge is -2.18. The smallest absolute Gasteiger partial charge is 0.306 e. The summed E-state index contributed by atoms with van der Waals surface area (Å²) in [5.41, 5.74) is 5.81. The van der Waals surface area contributed by atoms with E-state index in [0.717, 1.165) is 121 Å². The van der Waals surface area contributed by atoms with E-state index >= 15 is 0 Å². The highest BCUT2D eigenvalue weighted by atomic mass is 16.5. The molecule has 0 aliphatic rings. The van der Waals surface area contributed by atoms with Crippen LogP contribution in [0.2, 0.25) is 0 Å². The van der Waals surface area contributed by atoms with Crippen molar-refractivity contribution >= 4 is 33.5 Å². The molecule has 0 fully saturated rings. The molecule has 5 aromatic carbocycles. The maximum Gasteiger partial charge on any atom is 0.306 e. The normalized spacial score (nSPS) is 11.2. The second-order valence-electron chi connectivity index (χ2n) is 18.4. The number of carbonyl (C=O) groups excluding carboxylic acids is 2. The first-order valence-corrected chi connectivity index (χ1v) is 26.3. The Hall–Kier alpha value is -6.08. The first kappa shape index (κ1) is 54.9. The van der Waals surface area contributed by atoms with Crippen LogP contribution in [-0.2, 0) is 19.1 Å². The highest BCUT2D eigenvalue weighted by Gasteiger charge is 2.16. The van der Waals surface area contributed by atoms with Crippen LogP contribution in [-0.4, -0.2) is 44.0 Å². The van der Waals surface area contributed by atoms with Crippen molar-refractivity contribution in [1.82, 2.24) is 0 Å². The lowest BCUT2D eigenvalue weighted by atomic mass is 9.91. The van der Waals surface area contributed by atoms with Gasteiger partial charge in [-0.25, -0.2) is 0 Å². The number of benzene rings is 5. The van der Waals surface area contributed by atoms with E-state index in [4.69, 9.17) is 23.7 Å². The molecule has 0 heterocycles. The number of aryl methyl sites for hydroxylation is 1. The van der Waals surface area contributed by atoms with Gasteiger partial charge in [0.15, 0.2) is 0 Å². The average Bonchev–Trinajstić information content (AvgIpc) is 3.39. The van der Waals surface area contributed by atoms with Gasteiger partial charge in [0.1, 0.15) is 29.5 Å². The fourth-order valence-electron chi connectivity index (χ4n) is 8.80. The molecule has 0 bridgehead atoms. The highest BCUT2D eigenvalue weighted by Crippen LogP contribution is 2.42. The van der Waals surface area contributed by atoms with E-state index in [9.17, 15) is 9.59 Å². The molecule has 0 atom stereocenters. The molecule has 0 radical (unpaired) electrons. The summed E-state index contributed by atoms with van der Waals surface area (Å²) >= 11 is 0. The van der Waals surface area contributed by atoms with Gasteiger partial charge in [-0.05, 0) is 138 Å². The SMILES string of the molecule is C=CC(C=C)OC(=O)CCCCCCCOc1ccc(-c2ccc3c(OCCCCCCCCCC)c4cc(-c5ccc(OCCCCCCCC(=O)OC(C=C)C=C)cc5)ccc4c(C)c3c2)cc1. The predicted molar refractivity (Wildman–Crippen MR) is 292 cm³/mol. The second-order valence-corrected chi connectivity index (χ2v) is 18.4. The first-order chi connectivity index (χ1) is 34.3. The van der Waals surface area contributed by atoms with Gasteiger partial charge in [0, 0.05) is 23.6 Å². The average molecular weight is 949 g/mol. The van der Waals surface area contributed by atoms with Crippen LogP contribution in [0.3, 0.4) is 0 Å². The lowest BCUT2D eigenvalue weighted by molar-refractivity contribution is -0.146. The molecule has 0 aliphatic heterocycles. The summed E-state index contributed by atoms with van der Waals surface area (Å²) in [5, 5.41) is 4.67. The molecule has 70 heavy (non-hydrogen) atoms. The van der Waals surface area contributed by atoms with Gasteiger partial charge in [0.25, 0.3) is 0 Å². The number of rotatable bonds is 36. The highest BCUT2D eigenvalue weighted by molar-refractivity contribution is 6.10. The number of esters is 2. The molecule has 0 unspecified atom stereocenters. The lowest BCUT2D eigenvalue weighted by Crippen LogP contribution is -2.12. The fourth-order valence-corrected chi connectivity index (χ4v) is 8.80. The van der Waals surface area contributed by atoms with Gasteiger partial charge in [-0.3, -0.25) is 9.59 Å². The predicted octanol–water partition coefficient (Wildman–Crippen LogP) is 17.2. The van der Waals surface area contributed by atoms with Gasteiger partial charge >= 0.3 is 11.9 Å². The Bertz CT molecular complexity index is 2380. The molecular weight excluding hydrogens is 869 g/mol. The van der Waals surface area contributed by atoms with E-state index in [1.165, 1.54) is 61.3 Å². The van der Waals surface area contributed by atoms with Crippen LogP contribution in [0.5, 0.6) is 17.2 Å². The standard InChI is InChI=1S/C63H80O7/c1-7-12-13-14-15-16-21-28-45-68-63-58-42-36-51(49-31-37-55(38-32-49)66-43-26-22-17-19-24-29-61(64)69-53(8-2)9-3)46-59(58)48(6)57-41-35-52(47-60(57)63)50-33-39-56(40-34-50)67-44-27-23-18-20-25-30-62(65)70-54(10-4)11-5/h8-11,31-42,46-47,53-54H,2-5,7,12-30,43-45H2,1,6H3. The fraction of sp³-hybridized carbons (Fsp3) is 0.429. The van der Waals surface area contributed by atoms with E-state index < -0.39 is 12.2 Å². The number of carbonyl (C=O) groups is 2. The molecule has 0 spiro atoms. The van der Waals surface area contributed by atoms with Crippen molar-refractivity contribution in [2.45, 2.75) is 154 Å². The Morgan fingerprint density at radius 1 is 0.429 bits per heavy atom. The summed E-state index contributed by atoms with van der Waals surface area (Å²) in [5.74, 6) is 2.28. The van der Waals surface area contributed by atoms with Crippen molar-refractivity contribution in [1.29, 1.82) is 0 Å². The Morgan fingerprint density at radius 3 is 1.24 bits per heavy atom. The van der Waals surface area contributed by atoms with Crippen molar-refractivity contribution in [3.8, 4) is 39.5 Å². The van der Waals surface area contributed by atoms with Gasteiger partial charge in [-0.2, -0.15) is 0 Å². The molecule has 5 aromatic rings. The number of ether oxygens (including phenoxy) is 5. The summed E-state index contributed by atoms with van der Waals surface area (Å²) in [6.07, 6.45) is 26.1. The molecule has 7 nitrogen and oxygen atoms in total. The largest absolute Gasteiger partial charge is 0.494 e. The zero-order valence-electron chi connectivity index (χ0n) is 42.5. The van der Waals surface area contributed by atoms with E-state index in [1.54, 1.807) is 24.3 Å². The monoisotopic (exact) mass is 949 g/mol. The second kappa shape index (κ2) is 31.2. The van der Waals surface area contributed by atoms with Crippen LogP contribution >= 0.6 is 0 Å². The van der Waals surface area contributed by atoms with Crippen LogP contribution in [0.1, 0.15) is 141 Å². The minimum atomic E-state index is -0.417. The third-order valence-corrected chi connectivity index (χ3v) is 13.0. The van der Waals surface area contributed by atoms with Crippen LogP contribution in [0.4, 0.5) is 0 Å². The van der Waals surface area contributed by atoms with E-state index in [2.05, 4.69) is 125 Å². The van der Waals surface area contributed by atoms with Crippen molar-refractivity contribution in [3.63, 3.8) is 0 Å². The Morgan fingerprint density at radius 2 is 0.800 bits per heavy atom. The van der Waals surface area contributed by atoms with Crippen molar-refractivity contribution < 1.29 is 33.3 Å². The van der Waals surface area contributed by atoms with Crippen molar-refractivity contribution in [2.75, 3.05) is 19.8 Å². The maximum absolute atomic E-state index is 12.0. The molecule has 0 aliphatic carbocycles. The van der Waals surface area contributed by atoms with Crippen LogP contribution in [0.25, 0.3) is 43.8 Å². The molecule has 7 heteroatoms. The maximum atomic E-state index is 12.0. The number of hydrogen-bond acceptors (Lipinski definition) is 7. The van der Waals surface area contributed by atoms with Crippen LogP contribution < -0.4 is 14.2 Å². The van der Waals surface area contributed by atoms with Gasteiger partial charge < -0.3 is 23.7 Å². The Balaban J connectivity index is 1.19. The number of unbranched alkanes of at least 4 members (excludes halogenated alkanes) is 15. The topological polar surface area (TPSA) is 80.3 Å². The van der Waals surface area contributed by atoms with E-state index in [1.807, 2.05) is 0 Å². The molecule has 374 valence electrons. The summed E-state index contributed by atoms with van der Waals surface area (Å²) in [4.78, 5) is 24.0. The van der Waals surface area contributed by atoms with E-state index in [-0.39, 0.29) is 11.9 Å². The minimum absolute atomic E-state index is 0.204. The quantitative estimate of drug-likeness (QED) is 0.0171. The van der Waals surface area contributed by atoms with Gasteiger partial charge in [0.05, 0.1) is 19.8 Å². The third-order valence-electron chi connectivity index (χ3n) is 13.0. The summed E-state index contributed by atoms with van der Waals surface area (Å²) in [6.45, 7) is 21.1. The van der Waals surface area contributed by atoms with Crippen molar-refractivity contribution in [2.24, 2.45) is 0 Å². The van der Waals surface area contributed by atoms with Gasteiger partial charge in [0.2, 0.25) is 0 Å². The molecule has 0 saturated heterocycles. The number of fused-ring (bicyclic) bond motifs is 2. The number of hydrogen-bond donors (Lipinski definition) is 0. The van der Waals surface area contributed by atoms with Crippen LogP contribution in [0, 0.1) is 6.92 Å². The van der Waals surface area contributed by atoms with Gasteiger partial charge in [-0.15, -0.1) is 0 Å². The zero-order chi connectivity index (χ0) is 49.8. The molecular formula is C63H80O7. The van der Waals surface area contributed by atoms with Crippen molar-refractivity contribution in [3.05, 3.63) is 141 Å². The molecule has 0 N–H and O–H groups in total. The summed E-state index contributed by atoms with van der Waals surface area (Å²) < 4.78 is 29.7. The molecule has 5 rings (SSSR count). The molecule has 0 saturated carbocycles. The van der Waals surface area contributed by atoms with E-state index in [0.29, 0.717) is 32.7 Å². The minimum Gasteiger partial charge on any atom is -0.494 e. The third kappa shape index (κ3) is 18.0.